The van der Waals surface area contributed by atoms with Gasteiger partial charge >= 0.3 is 0 Å². The molecule has 0 saturated carbocycles. The predicted octanol–water partition coefficient (Wildman–Crippen LogP) is 0.878. The molecule has 19 heavy (non-hydrogen) atoms. The summed E-state index contributed by atoms with van der Waals surface area (Å²) >= 11 is 0. The maximum absolute atomic E-state index is 11.6. The number of aliphatic hydroxyl groups is 1. The van der Waals surface area contributed by atoms with Crippen molar-refractivity contribution in [2.75, 3.05) is 11.4 Å². The monoisotopic (exact) mass is 258 g/mol. The number of hydrogen-bond acceptors (Lipinski definition) is 4. The molecule has 2 heterocycles. The molecule has 1 aromatic carbocycles. The molecule has 1 unspecified atom stereocenters. The van der Waals surface area contributed by atoms with Crippen molar-refractivity contribution in [2.24, 2.45) is 0 Å². The van der Waals surface area contributed by atoms with E-state index < -0.39 is 6.10 Å². The van der Waals surface area contributed by atoms with E-state index in [-0.39, 0.29) is 18.9 Å². The van der Waals surface area contributed by atoms with Crippen molar-refractivity contribution in [3.63, 3.8) is 0 Å². The lowest BCUT2D eigenvalue weighted by molar-refractivity contribution is -0.117. The number of nitrogens with zero attached hydrogens (tertiary/aromatic N) is 3. The average molecular weight is 258 g/mol. The maximum Gasteiger partial charge on any atom is 0.251 e. The Kier molecular flexibility index (Phi) is 2.79. The molecule has 0 spiro atoms. The number of aryl methyl sites for hydroxylation is 1. The number of rotatable bonds is 2. The zero-order chi connectivity index (χ0) is 13.4. The van der Waals surface area contributed by atoms with Gasteiger partial charge in [-0.05, 0) is 6.92 Å². The van der Waals surface area contributed by atoms with Crippen LogP contribution < -0.4 is 4.90 Å². The van der Waals surface area contributed by atoms with Crippen molar-refractivity contribution >= 4 is 11.9 Å². The van der Waals surface area contributed by atoms with E-state index >= 15 is 0 Å². The minimum atomic E-state index is -0.631. The van der Waals surface area contributed by atoms with Gasteiger partial charge in [0, 0.05) is 5.56 Å². The van der Waals surface area contributed by atoms with Crippen molar-refractivity contribution in [1.29, 1.82) is 0 Å². The summed E-state index contributed by atoms with van der Waals surface area (Å²) in [6, 6.07) is 7.87. The minimum Gasteiger partial charge on any atom is -0.391 e. The van der Waals surface area contributed by atoms with E-state index in [2.05, 4.69) is 15.2 Å². The number of aromatic nitrogens is 3. The average Bonchev–Trinajstić information content (AvgIpc) is 2.97. The predicted molar refractivity (Wildman–Crippen MR) is 69.5 cm³/mol. The highest BCUT2D eigenvalue weighted by atomic mass is 16.3. The van der Waals surface area contributed by atoms with Gasteiger partial charge in [-0.1, -0.05) is 29.8 Å². The second-order valence-electron chi connectivity index (χ2n) is 4.71. The van der Waals surface area contributed by atoms with Gasteiger partial charge in [0.15, 0.2) is 5.82 Å². The Balaban J connectivity index is 1.87. The molecular weight excluding hydrogens is 244 g/mol. The van der Waals surface area contributed by atoms with Gasteiger partial charge in [0.1, 0.15) is 0 Å². The lowest BCUT2D eigenvalue weighted by atomic mass is 10.1. The molecule has 3 rings (SSSR count). The third kappa shape index (κ3) is 2.22. The van der Waals surface area contributed by atoms with E-state index in [1.807, 2.05) is 31.2 Å². The van der Waals surface area contributed by atoms with Gasteiger partial charge in [-0.2, -0.15) is 4.98 Å². The van der Waals surface area contributed by atoms with Crippen LogP contribution in [0, 0.1) is 6.92 Å². The first-order valence-electron chi connectivity index (χ1n) is 6.11. The van der Waals surface area contributed by atoms with E-state index in [1.54, 1.807) is 0 Å². The van der Waals surface area contributed by atoms with Gasteiger partial charge in [0.25, 0.3) is 5.95 Å². The summed E-state index contributed by atoms with van der Waals surface area (Å²) in [6.07, 6.45) is -0.497. The lowest BCUT2D eigenvalue weighted by Gasteiger charge is -2.09. The summed E-state index contributed by atoms with van der Waals surface area (Å²) in [7, 11) is 0. The molecule has 1 aromatic heterocycles. The topological polar surface area (TPSA) is 82.1 Å². The van der Waals surface area contributed by atoms with Crippen LogP contribution in [0.1, 0.15) is 12.0 Å². The largest absolute Gasteiger partial charge is 0.391 e. The summed E-state index contributed by atoms with van der Waals surface area (Å²) < 4.78 is 0. The van der Waals surface area contributed by atoms with Crippen LogP contribution in [-0.2, 0) is 4.79 Å². The highest BCUT2D eigenvalue weighted by Gasteiger charge is 2.31. The molecule has 2 N–H and O–H groups in total. The smallest absolute Gasteiger partial charge is 0.251 e. The summed E-state index contributed by atoms with van der Waals surface area (Å²) in [5.41, 5.74) is 2.08. The summed E-state index contributed by atoms with van der Waals surface area (Å²) in [6.45, 7) is 2.27. The van der Waals surface area contributed by atoms with Gasteiger partial charge < -0.3 is 5.11 Å². The van der Waals surface area contributed by atoms with E-state index in [4.69, 9.17) is 0 Å². The first kappa shape index (κ1) is 11.9. The normalized spacial score (nSPS) is 19.2. The molecule has 1 fully saturated rings. The number of carbonyl (C=O) groups excluding carboxylic acids is 1. The van der Waals surface area contributed by atoms with Crippen LogP contribution in [0.5, 0.6) is 0 Å². The van der Waals surface area contributed by atoms with Crippen molar-refractivity contribution in [3.8, 4) is 11.4 Å². The Labute approximate surface area is 110 Å². The summed E-state index contributed by atoms with van der Waals surface area (Å²) in [5.74, 6) is 0.781. The fourth-order valence-electron chi connectivity index (χ4n) is 2.10. The number of β-amino-alcohol motifs (C(OH)–C–C–N with tert-alkyl or cyclic N) is 1. The number of H-pyrrole nitrogens is 1. The number of aromatic amines is 1. The van der Waals surface area contributed by atoms with Gasteiger partial charge in [-0.25, -0.2) is 0 Å². The van der Waals surface area contributed by atoms with Crippen LogP contribution in [0.4, 0.5) is 5.95 Å². The van der Waals surface area contributed by atoms with Crippen LogP contribution in [0.3, 0.4) is 0 Å². The van der Waals surface area contributed by atoms with E-state index in [0.29, 0.717) is 11.8 Å². The lowest BCUT2D eigenvalue weighted by Crippen LogP contribution is -2.26. The fourth-order valence-corrected chi connectivity index (χ4v) is 2.10. The molecular formula is C13H14N4O2. The fraction of sp³-hybridized carbons (Fsp3) is 0.308. The minimum absolute atomic E-state index is 0.133. The number of nitrogens with one attached hydrogen (secondary N) is 1. The Morgan fingerprint density at radius 3 is 2.74 bits per heavy atom. The van der Waals surface area contributed by atoms with Crippen LogP contribution in [0.15, 0.2) is 24.3 Å². The van der Waals surface area contributed by atoms with Crippen LogP contribution >= 0.6 is 0 Å². The molecule has 98 valence electrons. The molecule has 6 nitrogen and oxygen atoms in total. The highest BCUT2D eigenvalue weighted by Crippen LogP contribution is 2.21. The molecule has 1 aliphatic heterocycles. The Morgan fingerprint density at radius 2 is 2.11 bits per heavy atom. The number of aliphatic hydroxyl groups excluding tert-OH is 1. The summed E-state index contributed by atoms with van der Waals surface area (Å²) in [5, 5.41) is 16.3. The van der Waals surface area contributed by atoms with Gasteiger partial charge in [-0.3, -0.25) is 14.8 Å². The Bertz CT molecular complexity index is 605. The van der Waals surface area contributed by atoms with Crippen LogP contribution in [-0.4, -0.2) is 38.8 Å². The van der Waals surface area contributed by atoms with Gasteiger partial charge in [0.05, 0.1) is 19.1 Å². The van der Waals surface area contributed by atoms with Crippen molar-refractivity contribution in [3.05, 3.63) is 29.8 Å². The van der Waals surface area contributed by atoms with E-state index in [1.165, 1.54) is 10.5 Å². The third-order valence-electron chi connectivity index (χ3n) is 3.14. The van der Waals surface area contributed by atoms with Crippen molar-refractivity contribution in [2.45, 2.75) is 19.4 Å². The molecule has 0 aliphatic carbocycles. The van der Waals surface area contributed by atoms with Crippen molar-refractivity contribution in [1.82, 2.24) is 15.2 Å². The number of amides is 1. The SMILES string of the molecule is Cc1ccc(-c2nc(N3CC(O)CC3=O)n[nH]2)cc1. The van der Waals surface area contributed by atoms with Crippen LogP contribution in [0.25, 0.3) is 11.4 Å². The Hall–Kier alpha value is -2.21. The van der Waals surface area contributed by atoms with E-state index in [9.17, 15) is 9.90 Å². The zero-order valence-corrected chi connectivity index (χ0v) is 10.5. The number of carbonyl (C=O) groups is 1. The first-order valence-corrected chi connectivity index (χ1v) is 6.11. The van der Waals surface area contributed by atoms with Crippen LogP contribution in [0.2, 0.25) is 0 Å². The number of hydrogen-bond donors (Lipinski definition) is 2. The molecule has 0 radical (unpaired) electrons. The number of benzene rings is 1. The highest BCUT2D eigenvalue weighted by molar-refractivity contribution is 5.94. The van der Waals surface area contributed by atoms with Crippen molar-refractivity contribution < 1.29 is 9.90 Å². The molecule has 6 heteroatoms. The van der Waals surface area contributed by atoms with Gasteiger partial charge in [0.2, 0.25) is 5.91 Å². The summed E-state index contributed by atoms with van der Waals surface area (Å²) in [4.78, 5) is 17.4. The van der Waals surface area contributed by atoms with Gasteiger partial charge in [-0.15, -0.1) is 5.10 Å². The molecule has 2 aromatic rings. The van der Waals surface area contributed by atoms with E-state index in [0.717, 1.165) is 5.56 Å². The zero-order valence-electron chi connectivity index (χ0n) is 10.5. The standard InChI is InChI=1S/C13H14N4O2/c1-8-2-4-9(5-3-8)12-14-13(16-15-12)17-7-10(18)6-11(17)19/h2-5,10,18H,6-7H2,1H3,(H,14,15,16). The quantitative estimate of drug-likeness (QED) is 0.837. The molecule has 1 saturated heterocycles. The Morgan fingerprint density at radius 1 is 1.37 bits per heavy atom. The molecule has 1 aliphatic rings. The second kappa shape index (κ2) is 4.47. The molecule has 1 atom stereocenters. The number of anilines is 1. The maximum atomic E-state index is 11.6. The molecule has 1 amide bonds. The molecule has 0 bridgehead atoms. The third-order valence-corrected chi connectivity index (χ3v) is 3.14. The first-order chi connectivity index (χ1) is 9.13. The second-order valence-corrected chi connectivity index (χ2v) is 4.71.